The van der Waals surface area contributed by atoms with Crippen molar-refractivity contribution in [2.45, 2.75) is 38.0 Å². The lowest BCUT2D eigenvalue weighted by Gasteiger charge is -2.22. The van der Waals surface area contributed by atoms with Crippen molar-refractivity contribution in [2.75, 3.05) is 26.8 Å². The van der Waals surface area contributed by atoms with Crippen LogP contribution in [0.2, 0.25) is 0 Å². The van der Waals surface area contributed by atoms with E-state index < -0.39 is 0 Å². The molecule has 1 unspecified atom stereocenters. The van der Waals surface area contributed by atoms with Crippen LogP contribution in [0.1, 0.15) is 37.9 Å². The molecular formula is C12H21N3O2. The molecule has 1 N–H and O–H groups in total. The van der Waals surface area contributed by atoms with Crippen molar-refractivity contribution in [3.05, 3.63) is 11.7 Å². The van der Waals surface area contributed by atoms with Crippen LogP contribution in [0.4, 0.5) is 0 Å². The summed E-state index contributed by atoms with van der Waals surface area (Å²) in [7, 11) is 1.68. The Balaban J connectivity index is 2.10. The first-order valence-electron chi connectivity index (χ1n) is 6.33. The predicted molar refractivity (Wildman–Crippen MR) is 64.0 cm³/mol. The van der Waals surface area contributed by atoms with Gasteiger partial charge in [-0.05, 0) is 19.4 Å². The van der Waals surface area contributed by atoms with Crippen molar-refractivity contribution in [3.63, 3.8) is 0 Å². The van der Waals surface area contributed by atoms with E-state index in [1.165, 1.54) is 0 Å². The number of hydrogen-bond acceptors (Lipinski definition) is 5. The van der Waals surface area contributed by atoms with Crippen LogP contribution >= 0.6 is 0 Å². The van der Waals surface area contributed by atoms with Crippen LogP contribution in [0.3, 0.4) is 0 Å². The standard InChI is InChI=1S/C12H21N3O2/c1-3-5-12(6-7-13-9-12)11-14-10(15-17-11)4-8-16-2/h13H,3-9H2,1-2H3. The van der Waals surface area contributed by atoms with Crippen LogP contribution in [0.25, 0.3) is 0 Å². The largest absolute Gasteiger partial charge is 0.384 e. The second-order valence-corrected chi connectivity index (χ2v) is 4.72. The summed E-state index contributed by atoms with van der Waals surface area (Å²) < 4.78 is 10.5. The minimum atomic E-state index is 0.0626. The van der Waals surface area contributed by atoms with Gasteiger partial charge >= 0.3 is 0 Å². The van der Waals surface area contributed by atoms with Crippen molar-refractivity contribution >= 4 is 0 Å². The van der Waals surface area contributed by atoms with E-state index in [9.17, 15) is 0 Å². The lowest BCUT2D eigenvalue weighted by atomic mass is 9.82. The van der Waals surface area contributed by atoms with Gasteiger partial charge in [0.1, 0.15) is 0 Å². The quantitative estimate of drug-likeness (QED) is 0.810. The molecule has 0 amide bonds. The Bertz CT molecular complexity index is 345. The van der Waals surface area contributed by atoms with Crippen LogP contribution in [0, 0.1) is 0 Å². The molecule has 96 valence electrons. The fraction of sp³-hybridized carbons (Fsp3) is 0.833. The summed E-state index contributed by atoms with van der Waals surface area (Å²) in [6.07, 6.45) is 4.05. The molecule has 1 aliphatic rings. The fourth-order valence-electron chi connectivity index (χ4n) is 2.49. The van der Waals surface area contributed by atoms with Crippen LogP contribution < -0.4 is 5.32 Å². The van der Waals surface area contributed by atoms with Gasteiger partial charge in [-0.1, -0.05) is 18.5 Å². The molecule has 2 rings (SSSR count). The highest BCUT2D eigenvalue weighted by Gasteiger charge is 2.39. The van der Waals surface area contributed by atoms with Crippen LogP contribution in [-0.4, -0.2) is 36.9 Å². The van der Waals surface area contributed by atoms with Gasteiger partial charge in [0.25, 0.3) is 0 Å². The fourth-order valence-corrected chi connectivity index (χ4v) is 2.49. The molecule has 1 saturated heterocycles. The third-order valence-electron chi connectivity index (χ3n) is 3.42. The molecule has 0 saturated carbocycles. The summed E-state index contributed by atoms with van der Waals surface area (Å²) >= 11 is 0. The smallest absolute Gasteiger partial charge is 0.234 e. The van der Waals surface area contributed by atoms with Gasteiger partial charge in [-0.25, -0.2) is 0 Å². The van der Waals surface area contributed by atoms with E-state index in [1.54, 1.807) is 7.11 Å². The number of methoxy groups -OCH3 is 1. The van der Waals surface area contributed by atoms with Gasteiger partial charge in [0, 0.05) is 20.1 Å². The van der Waals surface area contributed by atoms with E-state index in [0.29, 0.717) is 6.61 Å². The first kappa shape index (κ1) is 12.5. The monoisotopic (exact) mass is 239 g/mol. The molecule has 0 spiro atoms. The van der Waals surface area contributed by atoms with E-state index >= 15 is 0 Å². The number of nitrogens with one attached hydrogen (secondary N) is 1. The zero-order valence-electron chi connectivity index (χ0n) is 10.7. The average molecular weight is 239 g/mol. The number of rotatable bonds is 6. The number of ether oxygens (including phenoxy) is 1. The number of hydrogen-bond donors (Lipinski definition) is 1. The molecule has 5 nitrogen and oxygen atoms in total. The summed E-state index contributed by atoms with van der Waals surface area (Å²) in [5.41, 5.74) is 0.0626. The SMILES string of the molecule is CCCC1(c2nc(CCOC)no2)CCNC1. The summed E-state index contributed by atoms with van der Waals surface area (Å²) in [4.78, 5) is 4.52. The van der Waals surface area contributed by atoms with E-state index in [2.05, 4.69) is 22.4 Å². The Labute approximate surface area is 102 Å². The molecule has 0 radical (unpaired) electrons. The molecular weight excluding hydrogens is 218 g/mol. The normalized spacial score (nSPS) is 24.4. The zero-order valence-corrected chi connectivity index (χ0v) is 10.7. The first-order valence-corrected chi connectivity index (χ1v) is 6.33. The van der Waals surface area contributed by atoms with Crippen molar-refractivity contribution < 1.29 is 9.26 Å². The second kappa shape index (κ2) is 5.60. The van der Waals surface area contributed by atoms with E-state index in [4.69, 9.17) is 9.26 Å². The van der Waals surface area contributed by atoms with Gasteiger partial charge < -0.3 is 14.6 Å². The molecule has 1 aromatic rings. The van der Waals surface area contributed by atoms with Gasteiger partial charge in [0.2, 0.25) is 5.89 Å². The van der Waals surface area contributed by atoms with Gasteiger partial charge in [-0.2, -0.15) is 4.98 Å². The minimum Gasteiger partial charge on any atom is -0.384 e. The van der Waals surface area contributed by atoms with Crippen molar-refractivity contribution in [2.24, 2.45) is 0 Å². The average Bonchev–Trinajstić information content (AvgIpc) is 2.96. The maximum Gasteiger partial charge on any atom is 0.234 e. The molecule has 1 aliphatic heterocycles. The highest BCUT2D eigenvalue weighted by atomic mass is 16.5. The molecule has 0 aromatic carbocycles. The lowest BCUT2D eigenvalue weighted by Crippen LogP contribution is -2.29. The third kappa shape index (κ3) is 2.66. The molecule has 2 heterocycles. The Hall–Kier alpha value is -0.940. The third-order valence-corrected chi connectivity index (χ3v) is 3.42. The summed E-state index contributed by atoms with van der Waals surface area (Å²) in [5, 5.41) is 7.43. The van der Waals surface area contributed by atoms with Crippen LogP contribution in [0.15, 0.2) is 4.52 Å². The summed E-state index contributed by atoms with van der Waals surface area (Å²) in [6.45, 7) is 4.82. The van der Waals surface area contributed by atoms with E-state index in [0.717, 1.165) is 50.5 Å². The van der Waals surface area contributed by atoms with Crippen molar-refractivity contribution in [1.29, 1.82) is 0 Å². The minimum absolute atomic E-state index is 0.0626. The van der Waals surface area contributed by atoms with Gasteiger partial charge in [-0.3, -0.25) is 0 Å². The van der Waals surface area contributed by atoms with Gasteiger partial charge in [0.15, 0.2) is 5.82 Å². The number of aromatic nitrogens is 2. The first-order chi connectivity index (χ1) is 8.30. The molecule has 0 bridgehead atoms. The summed E-state index contributed by atoms with van der Waals surface area (Å²) in [6, 6.07) is 0. The second-order valence-electron chi connectivity index (χ2n) is 4.72. The van der Waals surface area contributed by atoms with E-state index in [1.807, 2.05) is 0 Å². The molecule has 1 fully saturated rings. The van der Waals surface area contributed by atoms with E-state index in [-0.39, 0.29) is 5.41 Å². The van der Waals surface area contributed by atoms with Gasteiger partial charge in [-0.15, -0.1) is 0 Å². The topological polar surface area (TPSA) is 60.2 Å². The molecule has 1 atom stereocenters. The zero-order chi connectivity index (χ0) is 12.1. The highest BCUT2D eigenvalue weighted by Crippen LogP contribution is 2.34. The maximum atomic E-state index is 5.44. The predicted octanol–water partition coefficient (Wildman–Crippen LogP) is 1.29. The Morgan fingerprint density at radius 1 is 1.53 bits per heavy atom. The molecule has 1 aromatic heterocycles. The summed E-state index contributed by atoms with van der Waals surface area (Å²) in [5.74, 6) is 1.56. The Morgan fingerprint density at radius 3 is 3.06 bits per heavy atom. The lowest BCUT2D eigenvalue weighted by molar-refractivity contribution is 0.199. The Kier molecular flexibility index (Phi) is 4.12. The van der Waals surface area contributed by atoms with Crippen molar-refractivity contribution in [1.82, 2.24) is 15.5 Å². The van der Waals surface area contributed by atoms with Crippen LogP contribution in [-0.2, 0) is 16.6 Å². The molecule has 0 aliphatic carbocycles. The molecule has 5 heteroatoms. The number of nitrogens with zero attached hydrogens (tertiary/aromatic N) is 2. The van der Waals surface area contributed by atoms with Crippen LogP contribution in [0.5, 0.6) is 0 Å². The highest BCUT2D eigenvalue weighted by molar-refractivity contribution is 5.10. The molecule has 17 heavy (non-hydrogen) atoms. The Morgan fingerprint density at radius 2 is 2.41 bits per heavy atom. The maximum absolute atomic E-state index is 5.44. The van der Waals surface area contributed by atoms with Crippen molar-refractivity contribution in [3.8, 4) is 0 Å². The van der Waals surface area contributed by atoms with Gasteiger partial charge in [0.05, 0.1) is 12.0 Å².